The summed E-state index contributed by atoms with van der Waals surface area (Å²) in [6.45, 7) is 15.9. The molecule has 0 bridgehead atoms. The third-order valence-electron chi connectivity index (χ3n) is 13.5. The Balaban J connectivity index is 1.29. The highest BCUT2D eigenvalue weighted by atomic mass is 16.5. The molecule has 8 atom stereocenters. The van der Waals surface area contributed by atoms with Gasteiger partial charge in [0.2, 0.25) is 5.91 Å². The van der Waals surface area contributed by atoms with Crippen molar-refractivity contribution in [2.45, 2.75) is 137 Å². The van der Waals surface area contributed by atoms with E-state index in [1.165, 1.54) is 51.4 Å². The molecule has 6 nitrogen and oxygen atoms in total. The first-order valence-corrected chi connectivity index (χ1v) is 19.7. The van der Waals surface area contributed by atoms with Gasteiger partial charge in [-0.2, -0.15) is 0 Å². The zero-order chi connectivity index (χ0) is 34.4. The van der Waals surface area contributed by atoms with Crippen LogP contribution >= 0.6 is 0 Å². The number of carbonyl (C=O) groups excluding carboxylic acids is 2. The van der Waals surface area contributed by atoms with E-state index in [0.29, 0.717) is 5.41 Å². The minimum Gasteiger partial charge on any atom is -0.462 e. The van der Waals surface area contributed by atoms with Crippen LogP contribution < -0.4 is 0 Å². The number of allylic oxidation sites excluding steroid dienone is 1. The number of ether oxygens (including phenoxy) is 1. The molecule has 4 aliphatic rings. The van der Waals surface area contributed by atoms with Gasteiger partial charge in [0.1, 0.15) is 6.10 Å². The van der Waals surface area contributed by atoms with Crippen LogP contribution in [-0.4, -0.2) is 87.0 Å². The molecule has 3 fully saturated rings. The molecule has 4 rings (SSSR count). The quantitative estimate of drug-likeness (QED) is 0.116. The van der Waals surface area contributed by atoms with Crippen LogP contribution in [0.1, 0.15) is 131 Å². The van der Waals surface area contributed by atoms with Crippen molar-refractivity contribution in [3.63, 3.8) is 0 Å². The summed E-state index contributed by atoms with van der Waals surface area (Å²) >= 11 is 0. The second kappa shape index (κ2) is 17.0. The van der Waals surface area contributed by atoms with E-state index in [2.05, 4.69) is 78.7 Å². The maximum Gasteiger partial charge on any atom is 0.306 e. The van der Waals surface area contributed by atoms with E-state index in [4.69, 9.17) is 4.74 Å². The van der Waals surface area contributed by atoms with Crippen LogP contribution in [0.25, 0.3) is 0 Å². The lowest BCUT2D eigenvalue weighted by atomic mass is 9.47. The molecule has 270 valence electrons. The molecule has 0 aliphatic heterocycles. The van der Waals surface area contributed by atoms with E-state index in [0.717, 1.165) is 93.8 Å². The minimum atomic E-state index is -0.198. The van der Waals surface area contributed by atoms with Gasteiger partial charge in [-0.3, -0.25) is 9.59 Å². The first-order chi connectivity index (χ1) is 22.2. The molecule has 3 saturated carbocycles. The lowest BCUT2D eigenvalue weighted by molar-refractivity contribution is -0.153. The summed E-state index contributed by atoms with van der Waals surface area (Å²) in [4.78, 5) is 32.5. The van der Waals surface area contributed by atoms with Gasteiger partial charge in [0.25, 0.3) is 0 Å². The lowest BCUT2D eigenvalue weighted by Crippen LogP contribution is -2.51. The topological polar surface area (TPSA) is 53.1 Å². The molecule has 0 N–H and O–H groups in total. The number of fused-ring (bicyclic) bond motifs is 5. The Kier molecular flexibility index (Phi) is 13.9. The second-order valence-electron chi connectivity index (χ2n) is 17.8. The number of esters is 1. The minimum absolute atomic E-state index is 0.0406. The molecule has 0 radical (unpaired) electrons. The normalized spacial score (nSPS) is 32.5. The summed E-state index contributed by atoms with van der Waals surface area (Å²) in [5.41, 5.74) is 2.33. The Morgan fingerprint density at radius 2 is 1.51 bits per heavy atom. The van der Waals surface area contributed by atoms with Crippen molar-refractivity contribution in [3.05, 3.63) is 11.6 Å². The van der Waals surface area contributed by atoms with Crippen LogP contribution in [0.3, 0.4) is 0 Å². The maximum atomic E-state index is 13.2. The van der Waals surface area contributed by atoms with Gasteiger partial charge in [-0.25, -0.2) is 0 Å². The summed E-state index contributed by atoms with van der Waals surface area (Å²) in [6.07, 6.45) is 18.9. The fraction of sp³-hybridized carbons (Fsp3) is 0.902. The highest BCUT2D eigenvalue weighted by molar-refractivity contribution is 5.81. The molecular formula is C41H73N3O3. The molecule has 1 amide bonds. The summed E-state index contributed by atoms with van der Waals surface area (Å²) in [7, 11) is 8.26. The monoisotopic (exact) mass is 656 g/mol. The number of carbonyl (C=O) groups is 2. The van der Waals surface area contributed by atoms with Gasteiger partial charge in [-0.15, -0.1) is 0 Å². The smallest absolute Gasteiger partial charge is 0.306 e. The van der Waals surface area contributed by atoms with Crippen LogP contribution in [0.4, 0.5) is 0 Å². The van der Waals surface area contributed by atoms with Gasteiger partial charge >= 0.3 is 5.97 Å². The fourth-order valence-electron chi connectivity index (χ4n) is 10.9. The van der Waals surface area contributed by atoms with Crippen molar-refractivity contribution in [2.75, 3.05) is 54.4 Å². The van der Waals surface area contributed by atoms with Crippen LogP contribution in [0.15, 0.2) is 11.6 Å². The first kappa shape index (κ1) is 38.4. The van der Waals surface area contributed by atoms with E-state index in [9.17, 15) is 9.59 Å². The van der Waals surface area contributed by atoms with Gasteiger partial charge < -0.3 is 19.4 Å². The molecule has 0 aromatic rings. The van der Waals surface area contributed by atoms with Crippen molar-refractivity contribution in [1.29, 1.82) is 0 Å². The highest BCUT2D eigenvalue weighted by Gasteiger charge is 2.59. The Hall–Kier alpha value is -1.40. The van der Waals surface area contributed by atoms with Gasteiger partial charge in [0, 0.05) is 25.9 Å². The number of rotatable bonds is 17. The number of hydrogen-bond donors (Lipinski definition) is 0. The van der Waals surface area contributed by atoms with Gasteiger partial charge in [0.05, 0.1) is 6.42 Å². The third-order valence-corrected chi connectivity index (χ3v) is 13.5. The average Bonchev–Trinajstić information content (AvgIpc) is 3.36. The SMILES string of the molecule is CC(C)CCC[C@@H](C)[C@H]1CC[C@H]2[C@@H]3CC=C4C[C@@H](OC(=O)CCC(=O)N(CCCN(C)C)CCCN(C)C)CC[C@]4(C)C3CC[C@]12C. The van der Waals surface area contributed by atoms with Gasteiger partial charge in [0.15, 0.2) is 0 Å². The summed E-state index contributed by atoms with van der Waals surface area (Å²) in [5, 5.41) is 0. The zero-order valence-corrected chi connectivity index (χ0v) is 32.1. The standard InChI is InChI=1S/C41H73N3O3/c1-30(2)13-10-14-31(3)35-17-18-36-34-16-15-32-29-33(21-23-40(32,4)37(34)22-24-41(35,36)5)47-39(46)20-19-38(45)44(27-11-25-42(6)7)28-12-26-43(8)9/h15,30-31,33-37H,10-14,16-29H2,1-9H3/t31-,33+,34+,35-,36+,37?,40+,41-/m1/s1. The molecule has 1 unspecified atom stereocenters. The Morgan fingerprint density at radius 1 is 0.830 bits per heavy atom. The molecule has 0 spiro atoms. The van der Waals surface area contributed by atoms with Crippen molar-refractivity contribution in [3.8, 4) is 0 Å². The molecule has 0 heterocycles. The molecule has 4 aliphatic carbocycles. The third kappa shape index (κ3) is 9.65. The lowest BCUT2D eigenvalue weighted by Gasteiger charge is -2.58. The summed E-state index contributed by atoms with van der Waals surface area (Å²) in [5.74, 6) is 4.90. The fourth-order valence-corrected chi connectivity index (χ4v) is 10.9. The van der Waals surface area contributed by atoms with Crippen LogP contribution in [-0.2, 0) is 14.3 Å². The van der Waals surface area contributed by atoms with E-state index in [1.54, 1.807) is 5.57 Å². The van der Waals surface area contributed by atoms with Crippen molar-refractivity contribution in [2.24, 2.45) is 46.3 Å². The molecule has 0 aromatic carbocycles. The van der Waals surface area contributed by atoms with Crippen molar-refractivity contribution in [1.82, 2.24) is 14.7 Å². The van der Waals surface area contributed by atoms with Crippen molar-refractivity contribution < 1.29 is 14.3 Å². The molecule has 6 heteroatoms. The largest absolute Gasteiger partial charge is 0.462 e. The van der Waals surface area contributed by atoms with Gasteiger partial charge in [-0.1, -0.05) is 65.5 Å². The van der Waals surface area contributed by atoms with E-state index in [1.807, 2.05) is 4.90 Å². The van der Waals surface area contributed by atoms with Crippen LogP contribution in [0.2, 0.25) is 0 Å². The Labute approximate surface area is 289 Å². The molecule has 0 aromatic heterocycles. The first-order valence-electron chi connectivity index (χ1n) is 19.7. The Bertz CT molecular complexity index is 1040. The summed E-state index contributed by atoms with van der Waals surface area (Å²) < 4.78 is 6.09. The second-order valence-corrected chi connectivity index (χ2v) is 17.8. The average molecular weight is 656 g/mol. The highest BCUT2D eigenvalue weighted by Crippen LogP contribution is 2.67. The van der Waals surface area contributed by atoms with E-state index in [-0.39, 0.29) is 36.2 Å². The van der Waals surface area contributed by atoms with E-state index >= 15 is 0 Å². The number of hydrogen-bond acceptors (Lipinski definition) is 5. The predicted octanol–water partition coefficient (Wildman–Crippen LogP) is 8.45. The Morgan fingerprint density at radius 3 is 2.15 bits per heavy atom. The van der Waals surface area contributed by atoms with Crippen molar-refractivity contribution >= 4 is 11.9 Å². The number of amides is 1. The van der Waals surface area contributed by atoms with E-state index < -0.39 is 0 Å². The maximum absolute atomic E-state index is 13.2. The molecule has 47 heavy (non-hydrogen) atoms. The molecular weight excluding hydrogens is 582 g/mol. The van der Waals surface area contributed by atoms with Crippen LogP contribution in [0, 0.1) is 46.3 Å². The predicted molar refractivity (Wildman–Crippen MR) is 195 cm³/mol. The number of nitrogens with zero attached hydrogens (tertiary/aromatic N) is 3. The zero-order valence-electron chi connectivity index (χ0n) is 32.1. The van der Waals surface area contributed by atoms with Crippen LogP contribution in [0.5, 0.6) is 0 Å². The molecule has 0 saturated heterocycles. The van der Waals surface area contributed by atoms with Gasteiger partial charge in [-0.05, 0) is 145 Å². The summed E-state index contributed by atoms with van der Waals surface area (Å²) in [6, 6.07) is 0.